The Bertz CT molecular complexity index is 603. The molecule has 0 aliphatic rings. The molecular formula is C14H13F4NS. The number of nitrogens with one attached hydrogen (secondary N) is 1. The molecule has 1 heterocycles. The van der Waals surface area contributed by atoms with E-state index in [0.29, 0.717) is 5.56 Å². The Morgan fingerprint density at radius 2 is 1.90 bits per heavy atom. The van der Waals surface area contributed by atoms with E-state index in [9.17, 15) is 17.6 Å². The van der Waals surface area contributed by atoms with Crippen LogP contribution in [0.2, 0.25) is 0 Å². The number of aryl methyl sites for hydroxylation is 1. The summed E-state index contributed by atoms with van der Waals surface area (Å²) < 4.78 is 52.5. The van der Waals surface area contributed by atoms with Crippen molar-refractivity contribution in [1.82, 2.24) is 5.32 Å². The van der Waals surface area contributed by atoms with Gasteiger partial charge >= 0.3 is 6.18 Å². The fourth-order valence-electron chi connectivity index (χ4n) is 2.15. The third kappa shape index (κ3) is 3.02. The van der Waals surface area contributed by atoms with Gasteiger partial charge in [0.1, 0.15) is 5.82 Å². The Labute approximate surface area is 118 Å². The minimum absolute atomic E-state index is 0.0993. The molecular weight excluding hydrogens is 290 g/mol. The number of halogens is 4. The summed E-state index contributed by atoms with van der Waals surface area (Å²) in [7, 11) is 1.56. The molecule has 1 nitrogen and oxygen atoms in total. The molecule has 0 bridgehead atoms. The molecule has 2 aromatic rings. The van der Waals surface area contributed by atoms with Crippen molar-refractivity contribution < 1.29 is 17.6 Å². The topological polar surface area (TPSA) is 12.0 Å². The van der Waals surface area contributed by atoms with Crippen LogP contribution in [0.15, 0.2) is 29.6 Å². The number of hydrogen-bond donors (Lipinski definition) is 1. The number of alkyl halides is 3. The summed E-state index contributed by atoms with van der Waals surface area (Å²) in [5.41, 5.74) is -0.217. The number of thiophene rings is 1. The molecule has 0 radical (unpaired) electrons. The van der Waals surface area contributed by atoms with E-state index in [4.69, 9.17) is 0 Å². The second-order valence-corrected chi connectivity index (χ2v) is 5.56. The Morgan fingerprint density at radius 3 is 2.40 bits per heavy atom. The molecule has 0 aliphatic heterocycles. The highest BCUT2D eigenvalue weighted by molar-refractivity contribution is 7.10. The lowest BCUT2D eigenvalue weighted by atomic mass is 9.95. The second-order valence-electron chi connectivity index (χ2n) is 4.44. The Morgan fingerprint density at radius 1 is 1.20 bits per heavy atom. The molecule has 1 aromatic heterocycles. The van der Waals surface area contributed by atoms with Gasteiger partial charge in [0.25, 0.3) is 0 Å². The van der Waals surface area contributed by atoms with Gasteiger partial charge in [-0.2, -0.15) is 13.2 Å². The minimum atomic E-state index is -4.51. The van der Waals surface area contributed by atoms with Gasteiger partial charge in [-0.05, 0) is 54.7 Å². The SMILES string of the molecule is CNC(c1csc(C)c1)c1cc(F)ccc1C(F)(F)F. The molecule has 0 saturated carbocycles. The van der Waals surface area contributed by atoms with Crippen LogP contribution in [0.25, 0.3) is 0 Å². The summed E-state index contributed by atoms with van der Waals surface area (Å²) in [6.45, 7) is 1.87. The van der Waals surface area contributed by atoms with Crippen LogP contribution in [0.1, 0.15) is 27.6 Å². The Hall–Kier alpha value is -1.40. The normalized spacial score (nSPS) is 13.5. The molecule has 108 valence electrons. The first-order valence-electron chi connectivity index (χ1n) is 5.92. The zero-order valence-electron chi connectivity index (χ0n) is 10.9. The third-order valence-electron chi connectivity index (χ3n) is 3.00. The molecule has 0 saturated heterocycles. The van der Waals surface area contributed by atoms with Crippen molar-refractivity contribution in [3.05, 3.63) is 57.0 Å². The molecule has 1 N–H and O–H groups in total. The molecule has 6 heteroatoms. The second kappa shape index (κ2) is 5.54. The van der Waals surface area contributed by atoms with Gasteiger partial charge in [-0.3, -0.25) is 0 Å². The van der Waals surface area contributed by atoms with Crippen LogP contribution in [0.4, 0.5) is 17.6 Å². The van der Waals surface area contributed by atoms with Crippen LogP contribution >= 0.6 is 11.3 Å². The average molecular weight is 303 g/mol. The van der Waals surface area contributed by atoms with Crippen molar-refractivity contribution in [2.75, 3.05) is 7.05 Å². The third-order valence-corrected chi connectivity index (χ3v) is 3.88. The Kier molecular flexibility index (Phi) is 4.15. The maximum Gasteiger partial charge on any atom is 0.416 e. The molecule has 0 fully saturated rings. The smallest absolute Gasteiger partial charge is 0.309 e. The van der Waals surface area contributed by atoms with Gasteiger partial charge in [0.2, 0.25) is 0 Å². The summed E-state index contributed by atoms with van der Waals surface area (Å²) in [6, 6.07) is 3.67. The number of rotatable bonds is 3. The largest absolute Gasteiger partial charge is 0.416 e. The minimum Gasteiger partial charge on any atom is -0.309 e. The van der Waals surface area contributed by atoms with Gasteiger partial charge in [0.15, 0.2) is 0 Å². The molecule has 0 spiro atoms. The van der Waals surface area contributed by atoms with Crippen LogP contribution in [-0.2, 0) is 6.18 Å². The van der Waals surface area contributed by atoms with E-state index in [2.05, 4.69) is 5.32 Å². The quantitative estimate of drug-likeness (QED) is 0.822. The van der Waals surface area contributed by atoms with E-state index in [0.717, 1.165) is 23.1 Å². The summed E-state index contributed by atoms with van der Waals surface area (Å²) in [4.78, 5) is 0.991. The summed E-state index contributed by atoms with van der Waals surface area (Å²) in [5, 5.41) is 4.61. The zero-order valence-corrected chi connectivity index (χ0v) is 11.7. The van der Waals surface area contributed by atoms with Gasteiger partial charge < -0.3 is 5.32 Å². The molecule has 0 amide bonds. The average Bonchev–Trinajstić information content (AvgIpc) is 2.75. The lowest BCUT2D eigenvalue weighted by molar-refractivity contribution is -0.138. The molecule has 1 atom stereocenters. The molecule has 2 rings (SSSR count). The molecule has 20 heavy (non-hydrogen) atoms. The Balaban J connectivity index is 2.56. The maximum absolute atomic E-state index is 13.4. The lowest BCUT2D eigenvalue weighted by Crippen LogP contribution is -2.21. The van der Waals surface area contributed by atoms with E-state index in [1.165, 1.54) is 11.3 Å². The monoisotopic (exact) mass is 303 g/mol. The zero-order chi connectivity index (χ0) is 14.9. The summed E-state index contributed by atoms with van der Waals surface area (Å²) in [5.74, 6) is -0.680. The fraction of sp³-hybridized carbons (Fsp3) is 0.286. The van der Waals surface area contributed by atoms with Crippen LogP contribution in [0, 0.1) is 12.7 Å². The van der Waals surface area contributed by atoms with Crippen molar-refractivity contribution in [2.24, 2.45) is 0 Å². The number of benzene rings is 1. The first kappa shape index (κ1) is 15.0. The van der Waals surface area contributed by atoms with Crippen molar-refractivity contribution in [3.63, 3.8) is 0 Å². The predicted molar refractivity (Wildman–Crippen MR) is 71.4 cm³/mol. The highest BCUT2D eigenvalue weighted by Gasteiger charge is 2.35. The van der Waals surface area contributed by atoms with Crippen molar-refractivity contribution in [1.29, 1.82) is 0 Å². The van der Waals surface area contributed by atoms with Crippen LogP contribution in [0.5, 0.6) is 0 Å². The van der Waals surface area contributed by atoms with Gasteiger partial charge in [0.05, 0.1) is 11.6 Å². The van der Waals surface area contributed by atoms with Crippen LogP contribution in [0.3, 0.4) is 0 Å². The number of hydrogen-bond acceptors (Lipinski definition) is 2. The molecule has 1 unspecified atom stereocenters. The lowest BCUT2D eigenvalue weighted by Gasteiger charge is -2.21. The first-order valence-corrected chi connectivity index (χ1v) is 6.80. The standard InChI is InChI=1S/C14H13F4NS/c1-8-5-9(7-20-8)13(19-2)11-6-10(15)3-4-12(11)14(16,17)18/h3-7,13,19H,1-2H3. The fourth-order valence-corrected chi connectivity index (χ4v) is 2.88. The summed E-state index contributed by atoms with van der Waals surface area (Å²) in [6.07, 6.45) is -4.51. The van der Waals surface area contributed by atoms with E-state index in [-0.39, 0.29) is 5.56 Å². The van der Waals surface area contributed by atoms with Crippen molar-refractivity contribution in [3.8, 4) is 0 Å². The predicted octanol–water partition coefficient (Wildman–Crippen LogP) is 4.52. The van der Waals surface area contributed by atoms with E-state index < -0.39 is 23.6 Å². The maximum atomic E-state index is 13.4. The van der Waals surface area contributed by atoms with Gasteiger partial charge in [-0.15, -0.1) is 11.3 Å². The molecule has 1 aromatic carbocycles. The summed E-state index contributed by atoms with van der Waals surface area (Å²) >= 11 is 1.45. The van der Waals surface area contributed by atoms with E-state index in [1.54, 1.807) is 18.5 Å². The highest BCUT2D eigenvalue weighted by Crippen LogP contribution is 2.37. The van der Waals surface area contributed by atoms with Crippen molar-refractivity contribution in [2.45, 2.75) is 19.1 Å². The van der Waals surface area contributed by atoms with E-state index in [1.807, 2.05) is 6.92 Å². The highest BCUT2D eigenvalue weighted by atomic mass is 32.1. The molecule has 0 aliphatic carbocycles. The van der Waals surface area contributed by atoms with Gasteiger partial charge in [0, 0.05) is 4.88 Å². The first-order chi connectivity index (χ1) is 9.32. The van der Waals surface area contributed by atoms with Gasteiger partial charge in [-0.1, -0.05) is 0 Å². The van der Waals surface area contributed by atoms with Crippen LogP contribution in [-0.4, -0.2) is 7.05 Å². The van der Waals surface area contributed by atoms with Gasteiger partial charge in [-0.25, -0.2) is 4.39 Å². The van der Waals surface area contributed by atoms with Crippen molar-refractivity contribution >= 4 is 11.3 Å². The van der Waals surface area contributed by atoms with E-state index >= 15 is 0 Å². The van der Waals surface area contributed by atoms with Crippen LogP contribution < -0.4 is 5.32 Å².